The number of ether oxygens (including phenoxy) is 1. The lowest BCUT2D eigenvalue weighted by molar-refractivity contribution is -0.152. The van der Waals surface area contributed by atoms with E-state index < -0.39 is 11.6 Å². The minimum atomic E-state index is -1.36. The Balaban J connectivity index is 1.83. The van der Waals surface area contributed by atoms with Crippen LogP contribution in [-0.4, -0.2) is 58.8 Å². The van der Waals surface area contributed by atoms with Crippen LogP contribution >= 0.6 is 0 Å². The number of aromatic hydroxyl groups is 1. The normalized spacial score (nSPS) is 15.1. The molecular weight excluding hydrogens is 456 g/mol. The Morgan fingerprint density at radius 2 is 1.33 bits per heavy atom. The van der Waals surface area contributed by atoms with Crippen LogP contribution in [0.15, 0.2) is 36.4 Å². The summed E-state index contributed by atoms with van der Waals surface area (Å²) in [7, 11) is 0. The lowest BCUT2D eigenvalue weighted by Gasteiger charge is -2.37. The Morgan fingerprint density at radius 3 is 1.81 bits per heavy atom. The van der Waals surface area contributed by atoms with Crippen LogP contribution in [0, 0.1) is 0 Å². The summed E-state index contributed by atoms with van der Waals surface area (Å²) in [6.07, 6.45) is 0. The van der Waals surface area contributed by atoms with Crippen LogP contribution in [-0.2, 0) is 15.6 Å². The van der Waals surface area contributed by atoms with Gasteiger partial charge in [0.05, 0.1) is 5.69 Å². The zero-order chi connectivity index (χ0) is 27.1. The molecule has 2 aromatic carbocycles. The van der Waals surface area contributed by atoms with Crippen LogP contribution in [0.2, 0.25) is 0 Å². The second-order valence-corrected chi connectivity index (χ2v) is 12.1. The van der Waals surface area contributed by atoms with Crippen LogP contribution < -0.4 is 9.64 Å². The lowest BCUT2D eigenvalue weighted by Crippen LogP contribution is -2.49. The molecule has 2 aromatic rings. The topological polar surface area (TPSA) is 90.3 Å². The summed E-state index contributed by atoms with van der Waals surface area (Å²) in [6, 6.07) is 11.1. The van der Waals surface area contributed by atoms with Gasteiger partial charge in [-0.05, 0) is 48.9 Å². The van der Waals surface area contributed by atoms with E-state index in [0.29, 0.717) is 37.5 Å². The van der Waals surface area contributed by atoms with Gasteiger partial charge in [-0.2, -0.15) is 0 Å². The van der Waals surface area contributed by atoms with Crippen molar-refractivity contribution in [3.63, 3.8) is 0 Å². The number of aliphatic carboxylic acids is 1. The van der Waals surface area contributed by atoms with Crippen molar-refractivity contribution < 1.29 is 24.5 Å². The average molecular weight is 497 g/mol. The first-order valence-corrected chi connectivity index (χ1v) is 12.5. The molecule has 2 N–H and O–H groups in total. The molecular formula is C29H40N2O5. The molecule has 0 unspecified atom stereocenters. The van der Waals surface area contributed by atoms with Gasteiger partial charge in [0.15, 0.2) is 5.60 Å². The van der Waals surface area contributed by atoms with E-state index in [-0.39, 0.29) is 22.5 Å². The van der Waals surface area contributed by atoms with E-state index in [1.54, 1.807) is 6.07 Å². The molecule has 1 heterocycles. The van der Waals surface area contributed by atoms with Gasteiger partial charge in [0.25, 0.3) is 5.91 Å². The number of rotatable bonds is 5. The van der Waals surface area contributed by atoms with E-state index in [1.165, 1.54) is 13.8 Å². The van der Waals surface area contributed by atoms with Crippen LogP contribution in [0.5, 0.6) is 11.5 Å². The van der Waals surface area contributed by atoms with Gasteiger partial charge < -0.3 is 24.7 Å². The molecule has 7 heteroatoms. The summed E-state index contributed by atoms with van der Waals surface area (Å²) < 4.78 is 5.85. The highest BCUT2D eigenvalue weighted by atomic mass is 16.5. The predicted octanol–water partition coefficient (Wildman–Crippen LogP) is 5.19. The molecule has 0 aliphatic carbocycles. The Morgan fingerprint density at radius 1 is 0.833 bits per heavy atom. The van der Waals surface area contributed by atoms with E-state index in [1.807, 2.05) is 76.8 Å². The van der Waals surface area contributed by atoms with Gasteiger partial charge in [-0.15, -0.1) is 0 Å². The predicted molar refractivity (Wildman–Crippen MR) is 142 cm³/mol. The third-order valence-electron chi connectivity index (χ3n) is 6.63. The number of hydrogen-bond acceptors (Lipinski definition) is 5. The number of hydrogen-bond donors (Lipinski definition) is 2. The zero-order valence-electron chi connectivity index (χ0n) is 22.8. The molecule has 0 spiro atoms. The molecule has 0 bridgehead atoms. The van der Waals surface area contributed by atoms with Crippen molar-refractivity contribution in [2.45, 2.75) is 71.8 Å². The molecule has 0 radical (unpaired) electrons. The molecule has 1 aliphatic rings. The number of nitrogens with zero attached hydrogens (tertiary/aromatic N) is 2. The molecule has 0 atom stereocenters. The number of carbonyl (C=O) groups is 2. The number of piperazine rings is 1. The van der Waals surface area contributed by atoms with Crippen molar-refractivity contribution in [1.82, 2.24) is 4.90 Å². The molecule has 1 amide bonds. The number of phenols is 1. The SMILES string of the molecule is CC(C)(Oc1ccccc1N1CCN(C(=O)c2cc(C(C)(C)C)c(O)c(C(C)(C)C)c2)CC1)C(=O)O. The summed E-state index contributed by atoms with van der Waals surface area (Å²) >= 11 is 0. The zero-order valence-corrected chi connectivity index (χ0v) is 22.8. The van der Waals surface area contributed by atoms with Crippen LogP contribution in [0.1, 0.15) is 76.9 Å². The van der Waals surface area contributed by atoms with Gasteiger partial charge in [-0.3, -0.25) is 4.79 Å². The monoisotopic (exact) mass is 496 g/mol. The number of amides is 1. The van der Waals surface area contributed by atoms with E-state index in [2.05, 4.69) is 4.90 Å². The first-order valence-electron chi connectivity index (χ1n) is 12.5. The lowest BCUT2D eigenvalue weighted by atomic mass is 9.78. The molecule has 0 aromatic heterocycles. The fourth-order valence-electron chi connectivity index (χ4n) is 4.36. The largest absolute Gasteiger partial charge is 0.507 e. The second-order valence-electron chi connectivity index (χ2n) is 12.1. The van der Waals surface area contributed by atoms with Gasteiger partial charge >= 0.3 is 5.97 Å². The Labute approximate surface area is 214 Å². The minimum absolute atomic E-state index is 0.0535. The van der Waals surface area contributed by atoms with Crippen molar-refractivity contribution in [2.24, 2.45) is 0 Å². The van der Waals surface area contributed by atoms with E-state index in [4.69, 9.17) is 4.74 Å². The summed E-state index contributed by atoms with van der Waals surface area (Å²) in [4.78, 5) is 29.1. The summed E-state index contributed by atoms with van der Waals surface area (Å²) in [6.45, 7) is 17.5. The highest BCUT2D eigenvalue weighted by Gasteiger charge is 2.33. The molecule has 0 saturated carbocycles. The van der Waals surface area contributed by atoms with Gasteiger partial charge in [-0.25, -0.2) is 4.79 Å². The van der Waals surface area contributed by atoms with Gasteiger partial charge in [0.1, 0.15) is 11.5 Å². The van der Waals surface area contributed by atoms with Crippen molar-refractivity contribution >= 4 is 17.6 Å². The molecule has 1 aliphatic heterocycles. The van der Waals surface area contributed by atoms with Crippen molar-refractivity contribution in [2.75, 3.05) is 31.1 Å². The number of phenolic OH excluding ortho intramolecular Hbond substituents is 1. The highest BCUT2D eigenvalue weighted by Crippen LogP contribution is 2.40. The third-order valence-corrected chi connectivity index (χ3v) is 6.63. The van der Waals surface area contributed by atoms with E-state index in [0.717, 1.165) is 16.8 Å². The Hall–Kier alpha value is -3.22. The second kappa shape index (κ2) is 9.68. The Kier molecular flexibility index (Phi) is 7.36. The van der Waals surface area contributed by atoms with Crippen molar-refractivity contribution in [3.05, 3.63) is 53.1 Å². The van der Waals surface area contributed by atoms with Crippen LogP contribution in [0.4, 0.5) is 5.69 Å². The van der Waals surface area contributed by atoms with Gasteiger partial charge in [-0.1, -0.05) is 53.7 Å². The number of carbonyl (C=O) groups excluding carboxylic acids is 1. The quantitative estimate of drug-likeness (QED) is 0.592. The third kappa shape index (κ3) is 5.77. The first kappa shape index (κ1) is 27.4. The first-order chi connectivity index (χ1) is 16.5. The summed E-state index contributed by atoms with van der Waals surface area (Å²) in [5.74, 6) is -0.321. The maximum atomic E-state index is 13.6. The molecule has 1 fully saturated rings. The summed E-state index contributed by atoms with van der Waals surface area (Å²) in [5, 5.41) is 20.5. The van der Waals surface area contributed by atoms with Crippen molar-refractivity contribution in [1.29, 1.82) is 0 Å². The number of carboxylic acid groups (broad SMARTS) is 1. The number of carboxylic acids is 1. The minimum Gasteiger partial charge on any atom is -0.507 e. The average Bonchev–Trinajstić information content (AvgIpc) is 2.77. The number of benzene rings is 2. The fraction of sp³-hybridized carbons (Fsp3) is 0.517. The smallest absolute Gasteiger partial charge is 0.347 e. The van der Waals surface area contributed by atoms with Crippen LogP contribution in [0.25, 0.3) is 0 Å². The highest BCUT2D eigenvalue weighted by molar-refractivity contribution is 5.95. The van der Waals surface area contributed by atoms with Gasteiger partial charge in [0, 0.05) is 42.9 Å². The molecule has 36 heavy (non-hydrogen) atoms. The number of anilines is 1. The molecule has 3 rings (SSSR count). The number of para-hydroxylation sites is 2. The van der Waals surface area contributed by atoms with Crippen LogP contribution in [0.3, 0.4) is 0 Å². The fourth-order valence-corrected chi connectivity index (χ4v) is 4.36. The maximum absolute atomic E-state index is 13.6. The molecule has 7 nitrogen and oxygen atoms in total. The molecule has 1 saturated heterocycles. The standard InChI is InChI=1S/C29H40N2O5/c1-27(2,3)20-17-19(18-21(24(20)32)28(4,5)6)25(33)31-15-13-30(14-16-31)22-11-9-10-12-23(22)36-29(7,8)26(34)35/h9-12,17-18,32H,13-16H2,1-8H3,(H,34,35). The van der Waals surface area contributed by atoms with E-state index in [9.17, 15) is 19.8 Å². The Bertz CT molecular complexity index is 1100. The molecule has 196 valence electrons. The summed E-state index contributed by atoms with van der Waals surface area (Å²) in [5.41, 5.74) is 0.950. The van der Waals surface area contributed by atoms with E-state index >= 15 is 0 Å². The maximum Gasteiger partial charge on any atom is 0.347 e. The van der Waals surface area contributed by atoms with Gasteiger partial charge in [0.2, 0.25) is 0 Å². The van der Waals surface area contributed by atoms with Crippen molar-refractivity contribution in [3.8, 4) is 11.5 Å².